The smallest absolute Gasteiger partial charge is 0.410 e. The van der Waals surface area contributed by atoms with E-state index in [1.807, 2.05) is 4.90 Å². The van der Waals surface area contributed by atoms with Crippen molar-refractivity contribution in [2.24, 2.45) is 17.3 Å². The number of aliphatic hydroxyl groups is 1. The van der Waals surface area contributed by atoms with Crippen LogP contribution >= 0.6 is 0 Å². The zero-order chi connectivity index (χ0) is 17.6. The Morgan fingerprint density at radius 1 is 1.17 bits per heavy atom. The zero-order valence-corrected chi connectivity index (χ0v) is 15.7. The predicted molar refractivity (Wildman–Crippen MR) is 95.9 cm³/mol. The van der Waals surface area contributed by atoms with Gasteiger partial charge in [-0.25, -0.2) is 4.79 Å². The molecule has 2 atom stereocenters. The summed E-state index contributed by atoms with van der Waals surface area (Å²) in [4.78, 5) is 14.5. The standard InChI is InChI=1S/C19H36N2O3/c1-19(2,3)17-14-16(7-12-22)6-11-21(17)18(23)24-13-8-15-4-9-20-10-5-15/h15-17,20,22H,4-14H2,1-3H3. The predicted octanol–water partition coefficient (Wildman–Crippen LogP) is 3.02. The lowest BCUT2D eigenvalue weighted by molar-refractivity contribution is 0.0178. The zero-order valence-electron chi connectivity index (χ0n) is 15.7. The average molecular weight is 341 g/mol. The summed E-state index contributed by atoms with van der Waals surface area (Å²) in [5, 5.41) is 12.6. The molecular weight excluding hydrogens is 304 g/mol. The summed E-state index contributed by atoms with van der Waals surface area (Å²) < 4.78 is 5.62. The second-order valence-electron chi connectivity index (χ2n) is 8.57. The number of nitrogens with one attached hydrogen (secondary N) is 1. The topological polar surface area (TPSA) is 61.8 Å². The molecule has 2 rings (SSSR count). The van der Waals surface area contributed by atoms with Gasteiger partial charge in [-0.3, -0.25) is 0 Å². The first-order valence-corrected chi connectivity index (χ1v) is 9.66. The minimum atomic E-state index is -0.147. The maximum absolute atomic E-state index is 12.6. The molecule has 1 amide bonds. The molecule has 0 aromatic heterocycles. The van der Waals surface area contributed by atoms with E-state index in [2.05, 4.69) is 26.1 Å². The van der Waals surface area contributed by atoms with Crippen LogP contribution in [0.1, 0.15) is 59.3 Å². The van der Waals surface area contributed by atoms with Gasteiger partial charge in [0, 0.05) is 19.2 Å². The van der Waals surface area contributed by atoms with Gasteiger partial charge < -0.3 is 20.1 Å². The third kappa shape index (κ3) is 5.62. The molecule has 0 spiro atoms. The van der Waals surface area contributed by atoms with Gasteiger partial charge in [-0.1, -0.05) is 20.8 Å². The van der Waals surface area contributed by atoms with Gasteiger partial charge in [0.25, 0.3) is 0 Å². The molecular formula is C19H36N2O3. The first-order valence-electron chi connectivity index (χ1n) is 9.66. The van der Waals surface area contributed by atoms with Crippen molar-refractivity contribution in [1.82, 2.24) is 10.2 Å². The first kappa shape index (κ1) is 19.5. The molecule has 5 nitrogen and oxygen atoms in total. The van der Waals surface area contributed by atoms with Crippen LogP contribution in [0.4, 0.5) is 4.79 Å². The van der Waals surface area contributed by atoms with Crippen LogP contribution in [0.15, 0.2) is 0 Å². The molecule has 2 unspecified atom stereocenters. The average Bonchev–Trinajstić information content (AvgIpc) is 2.55. The van der Waals surface area contributed by atoms with Crippen LogP contribution in [0, 0.1) is 17.3 Å². The molecule has 0 saturated carbocycles. The van der Waals surface area contributed by atoms with Gasteiger partial charge in [0.05, 0.1) is 6.61 Å². The molecule has 2 heterocycles. The molecule has 2 saturated heterocycles. The lowest BCUT2D eigenvalue weighted by Crippen LogP contribution is -2.52. The maximum Gasteiger partial charge on any atom is 0.410 e. The number of carbonyl (C=O) groups excluding carboxylic acids is 1. The molecule has 24 heavy (non-hydrogen) atoms. The lowest BCUT2D eigenvalue weighted by atomic mass is 9.76. The van der Waals surface area contributed by atoms with E-state index >= 15 is 0 Å². The number of aliphatic hydroxyl groups excluding tert-OH is 1. The monoisotopic (exact) mass is 340 g/mol. The number of amides is 1. The lowest BCUT2D eigenvalue weighted by Gasteiger charge is -2.45. The largest absolute Gasteiger partial charge is 0.449 e. The second-order valence-corrected chi connectivity index (χ2v) is 8.57. The van der Waals surface area contributed by atoms with Crippen molar-refractivity contribution in [2.75, 3.05) is 32.8 Å². The highest BCUT2D eigenvalue weighted by Gasteiger charge is 2.39. The summed E-state index contributed by atoms with van der Waals surface area (Å²) in [6, 6.07) is 0.189. The molecule has 140 valence electrons. The quantitative estimate of drug-likeness (QED) is 0.807. The van der Waals surface area contributed by atoms with E-state index in [1.165, 1.54) is 12.8 Å². The highest BCUT2D eigenvalue weighted by atomic mass is 16.6. The van der Waals surface area contributed by atoms with Crippen molar-refractivity contribution >= 4 is 6.09 Å². The van der Waals surface area contributed by atoms with Crippen molar-refractivity contribution in [1.29, 1.82) is 0 Å². The number of ether oxygens (including phenoxy) is 1. The Morgan fingerprint density at radius 3 is 2.50 bits per heavy atom. The fourth-order valence-electron chi connectivity index (χ4n) is 4.09. The maximum atomic E-state index is 12.6. The van der Waals surface area contributed by atoms with Crippen molar-refractivity contribution < 1.29 is 14.6 Å². The van der Waals surface area contributed by atoms with Crippen LogP contribution < -0.4 is 5.32 Å². The molecule has 0 radical (unpaired) electrons. The minimum Gasteiger partial charge on any atom is -0.449 e. The van der Waals surface area contributed by atoms with Crippen LogP contribution in [0.3, 0.4) is 0 Å². The number of carbonyl (C=O) groups is 1. The molecule has 2 aliphatic heterocycles. The molecule has 2 aliphatic rings. The van der Waals surface area contributed by atoms with Crippen molar-refractivity contribution in [3.8, 4) is 0 Å². The van der Waals surface area contributed by atoms with Crippen molar-refractivity contribution in [2.45, 2.75) is 65.3 Å². The van der Waals surface area contributed by atoms with Crippen LogP contribution in [0.2, 0.25) is 0 Å². The Balaban J connectivity index is 1.84. The van der Waals surface area contributed by atoms with E-state index in [-0.39, 0.29) is 24.2 Å². The minimum absolute atomic E-state index is 0.0299. The molecule has 2 N–H and O–H groups in total. The van der Waals surface area contributed by atoms with E-state index < -0.39 is 0 Å². The van der Waals surface area contributed by atoms with Crippen LogP contribution in [-0.4, -0.2) is 55.0 Å². The highest BCUT2D eigenvalue weighted by molar-refractivity contribution is 5.68. The van der Waals surface area contributed by atoms with E-state index in [0.29, 0.717) is 18.4 Å². The van der Waals surface area contributed by atoms with Crippen LogP contribution in [0.25, 0.3) is 0 Å². The third-order valence-corrected chi connectivity index (χ3v) is 5.69. The number of likely N-dealkylation sites (tertiary alicyclic amines) is 1. The van der Waals surface area contributed by atoms with E-state index in [9.17, 15) is 9.90 Å². The third-order valence-electron chi connectivity index (χ3n) is 5.69. The Labute approximate surface area is 147 Å². The van der Waals surface area contributed by atoms with Gasteiger partial charge >= 0.3 is 6.09 Å². The summed E-state index contributed by atoms with van der Waals surface area (Å²) in [6.07, 6.45) is 5.99. The molecule has 5 heteroatoms. The van der Waals surface area contributed by atoms with Gasteiger partial charge in [-0.15, -0.1) is 0 Å². The number of hydrogen-bond donors (Lipinski definition) is 2. The second kappa shape index (κ2) is 9.04. The van der Waals surface area contributed by atoms with Crippen molar-refractivity contribution in [3.05, 3.63) is 0 Å². The van der Waals surface area contributed by atoms with Gasteiger partial charge in [0.2, 0.25) is 0 Å². The summed E-state index contributed by atoms with van der Waals surface area (Å²) in [5.41, 5.74) is 0.0299. The fourth-order valence-corrected chi connectivity index (χ4v) is 4.09. The summed E-state index contributed by atoms with van der Waals surface area (Å²) in [7, 11) is 0. The molecule has 0 aromatic carbocycles. The van der Waals surface area contributed by atoms with Crippen molar-refractivity contribution in [3.63, 3.8) is 0 Å². The summed E-state index contributed by atoms with van der Waals surface area (Å²) in [6.45, 7) is 10.3. The van der Waals surface area contributed by atoms with E-state index in [4.69, 9.17) is 4.74 Å². The SMILES string of the molecule is CC(C)(C)C1CC(CCO)CCN1C(=O)OCCC1CCNCC1. The van der Waals surface area contributed by atoms with E-state index in [1.54, 1.807) is 0 Å². The normalized spacial score (nSPS) is 26.4. The fraction of sp³-hybridized carbons (Fsp3) is 0.947. The Hall–Kier alpha value is -0.810. The number of nitrogens with zero attached hydrogens (tertiary/aromatic N) is 1. The van der Waals surface area contributed by atoms with Gasteiger partial charge in [0.1, 0.15) is 0 Å². The van der Waals surface area contributed by atoms with Gasteiger partial charge in [-0.2, -0.15) is 0 Å². The highest BCUT2D eigenvalue weighted by Crippen LogP contribution is 2.36. The Kier molecular flexibility index (Phi) is 7.35. The molecule has 0 aromatic rings. The molecule has 0 bridgehead atoms. The van der Waals surface area contributed by atoms with E-state index in [0.717, 1.165) is 45.3 Å². The van der Waals surface area contributed by atoms with Crippen LogP contribution in [-0.2, 0) is 4.74 Å². The Bertz CT molecular complexity index is 389. The molecule has 2 fully saturated rings. The summed E-state index contributed by atoms with van der Waals surface area (Å²) >= 11 is 0. The Morgan fingerprint density at radius 2 is 1.88 bits per heavy atom. The van der Waals surface area contributed by atoms with Gasteiger partial charge in [-0.05, 0) is 68.9 Å². The number of rotatable bonds is 5. The molecule has 0 aliphatic carbocycles. The number of piperidine rings is 2. The van der Waals surface area contributed by atoms with Crippen LogP contribution in [0.5, 0.6) is 0 Å². The summed E-state index contributed by atoms with van der Waals surface area (Å²) in [5.74, 6) is 1.20. The first-order chi connectivity index (χ1) is 11.4. The van der Waals surface area contributed by atoms with Gasteiger partial charge in [0.15, 0.2) is 0 Å². The number of hydrogen-bond acceptors (Lipinski definition) is 4.